The van der Waals surface area contributed by atoms with E-state index in [9.17, 15) is 18.8 Å². The Morgan fingerprint density at radius 2 is 1.94 bits per heavy atom. The summed E-state index contributed by atoms with van der Waals surface area (Å²) in [7, 11) is 1.41. The van der Waals surface area contributed by atoms with Crippen molar-refractivity contribution in [3.05, 3.63) is 56.2 Å². The lowest BCUT2D eigenvalue weighted by molar-refractivity contribution is -0.113. The largest absolute Gasteiger partial charge is 0.332 e. The van der Waals surface area contributed by atoms with Crippen molar-refractivity contribution in [1.29, 1.82) is 0 Å². The summed E-state index contributed by atoms with van der Waals surface area (Å²) in [5.74, 6) is -0.279. The molecule has 0 bridgehead atoms. The standard InChI is InChI=1S/C21H24FN5O3S/c1-11(2)9-27-18-17(20(29)26(5)21(27)30)19(24-13(4)23-18)31-10-16(28)25-14-7-6-12(3)15(22)8-14/h6-8,11H,9-10H2,1-5H3,(H,25,28). The van der Waals surface area contributed by atoms with Gasteiger partial charge in [0.1, 0.15) is 22.1 Å². The molecule has 3 rings (SSSR count). The van der Waals surface area contributed by atoms with Gasteiger partial charge in [0.05, 0.1) is 5.75 Å². The van der Waals surface area contributed by atoms with Crippen LogP contribution >= 0.6 is 11.8 Å². The highest BCUT2D eigenvalue weighted by atomic mass is 32.2. The van der Waals surface area contributed by atoms with Gasteiger partial charge in [-0.05, 0) is 37.5 Å². The van der Waals surface area contributed by atoms with Crippen molar-refractivity contribution in [1.82, 2.24) is 19.1 Å². The second kappa shape index (κ2) is 9.01. The third-order valence-electron chi connectivity index (χ3n) is 4.60. The molecule has 8 nitrogen and oxygen atoms in total. The van der Waals surface area contributed by atoms with Crippen molar-refractivity contribution in [3.8, 4) is 0 Å². The predicted molar refractivity (Wildman–Crippen MR) is 119 cm³/mol. The summed E-state index contributed by atoms with van der Waals surface area (Å²) in [4.78, 5) is 46.6. The van der Waals surface area contributed by atoms with Crippen LogP contribution in [0.4, 0.5) is 10.1 Å². The number of benzene rings is 1. The molecule has 10 heteroatoms. The lowest BCUT2D eigenvalue weighted by atomic mass is 10.2. The van der Waals surface area contributed by atoms with Gasteiger partial charge in [-0.25, -0.2) is 19.2 Å². The number of aromatic nitrogens is 4. The SMILES string of the molecule is Cc1nc(SCC(=O)Nc2ccc(C)c(F)c2)c2c(=O)n(C)c(=O)n(CC(C)C)c2n1. The molecular formula is C21H24FN5O3S. The van der Waals surface area contributed by atoms with Gasteiger partial charge in [-0.15, -0.1) is 0 Å². The Morgan fingerprint density at radius 1 is 1.23 bits per heavy atom. The third kappa shape index (κ3) is 4.84. The van der Waals surface area contributed by atoms with E-state index in [1.165, 1.54) is 17.7 Å². The van der Waals surface area contributed by atoms with E-state index in [-0.39, 0.29) is 28.6 Å². The minimum Gasteiger partial charge on any atom is -0.325 e. The fourth-order valence-electron chi connectivity index (χ4n) is 3.08. The monoisotopic (exact) mass is 445 g/mol. The average Bonchev–Trinajstić information content (AvgIpc) is 2.70. The molecular weight excluding hydrogens is 421 g/mol. The molecule has 0 saturated carbocycles. The van der Waals surface area contributed by atoms with Crippen molar-refractivity contribution < 1.29 is 9.18 Å². The van der Waals surface area contributed by atoms with Crippen molar-refractivity contribution in [2.45, 2.75) is 39.3 Å². The van der Waals surface area contributed by atoms with Crippen LogP contribution in [-0.2, 0) is 18.4 Å². The van der Waals surface area contributed by atoms with E-state index in [4.69, 9.17) is 0 Å². The van der Waals surface area contributed by atoms with Crippen LogP contribution in [0.5, 0.6) is 0 Å². The Balaban J connectivity index is 1.95. The van der Waals surface area contributed by atoms with Crippen LogP contribution in [0, 0.1) is 25.6 Å². The Labute approximate surface area is 182 Å². The maximum atomic E-state index is 13.7. The number of anilines is 1. The average molecular weight is 446 g/mol. The Morgan fingerprint density at radius 3 is 2.58 bits per heavy atom. The van der Waals surface area contributed by atoms with E-state index >= 15 is 0 Å². The number of hydrogen-bond donors (Lipinski definition) is 1. The van der Waals surface area contributed by atoms with Crippen molar-refractivity contribution >= 4 is 34.4 Å². The molecule has 0 unspecified atom stereocenters. The van der Waals surface area contributed by atoms with E-state index in [2.05, 4.69) is 15.3 Å². The van der Waals surface area contributed by atoms with Crippen LogP contribution < -0.4 is 16.6 Å². The van der Waals surface area contributed by atoms with E-state index in [0.29, 0.717) is 28.6 Å². The van der Waals surface area contributed by atoms with Gasteiger partial charge in [-0.2, -0.15) is 0 Å². The Bertz CT molecular complexity index is 1280. The molecule has 0 atom stereocenters. The van der Waals surface area contributed by atoms with Crippen LogP contribution in [-0.4, -0.2) is 30.8 Å². The number of hydrogen-bond acceptors (Lipinski definition) is 6. The quantitative estimate of drug-likeness (QED) is 0.463. The first kappa shape index (κ1) is 22.7. The highest BCUT2D eigenvalue weighted by Gasteiger charge is 2.19. The molecule has 2 aromatic heterocycles. The Hall–Kier alpha value is -3.01. The zero-order valence-electron chi connectivity index (χ0n) is 18.0. The van der Waals surface area contributed by atoms with Crippen molar-refractivity contribution in [3.63, 3.8) is 0 Å². The molecule has 1 amide bonds. The topological polar surface area (TPSA) is 98.9 Å². The molecule has 0 radical (unpaired) electrons. The number of carbonyl (C=O) groups is 1. The van der Waals surface area contributed by atoms with Gasteiger partial charge < -0.3 is 5.32 Å². The van der Waals surface area contributed by atoms with E-state index in [1.54, 1.807) is 26.0 Å². The maximum Gasteiger partial charge on any atom is 0.332 e. The molecule has 0 aliphatic carbocycles. The summed E-state index contributed by atoms with van der Waals surface area (Å²) in [6, 6.07) is 4.45. The second-order valence-electron chi connectivity index (χ2n) is 7.73. The number of nitrogens with one attached hydrogen (secondary N) is 1. The minimum absolute atomic E-state index is 0.0481. The normalized spacial score (nSPS) is 11.3. The van der Waals surface area contributed by atoms with Crippen LogP contribution in [0.1, 0.15) is 25.2 Å². The summed E-state index contributed by atoms with van der Waals surface area (Å²) < 4.78 is 16.2. The van der Waals surface area contributed by atoms with E-state index in [1.807, 2.05) is 13.8 Å². The number of amides is 1. The molecule has 0 aliphatic rings. The maximum absolute atomic E-state index is 13.7. The number of halogens is 1. The summed E-state index contributed by atoms with van der Waals surface area (Å²) in [6.07, 6.45) is 0. The molecule has 1 N–H and O–H groups in total. The number of rotatable bonds is 6. The predicted octanol–water partition coefficient (Wildman–Crippen LogP) is 2.63. The molecule has 0 spiro atoms. The Kier molecular flexibility index (Phi) is 6.59. The van der Waals surface area contributed by atoms with Gasteiger partial charge in [0.2, 0.25) is 5.91 Å². The molecule has 31 heavy (non-hydrogen) atoms. The molecule has 3 aromatic rings. The van der Waals surface area contributed by atoms with Gasteiger partial charge in [-0.1, -0.05) is 31.7 Å². The second-order valence-corrected chi connectivity index (χ2v) is 8.69. The molecule has 1 aromatic carbocycles. The summed E-state index contributed by atoms with van der Waals surface area (Å²) >= 11 is 1.07. The lowest BCUT2D eigenvalue weighted by Gasteiger charge is -2.15. The van der Waals surface area contributed by atoms with Gasteiger partial charge >= 0.3 is 5.69 Å². The van der Waals surface area contributed by atoms with E-state index in [0.717, 1.165) is 16.3 Å². The lowest BCUT2D eigenvalue weighted by Crippen LogP contribution is -2.39. The van der Waals surface area contributed by atoms with E-state index < -0.39 is 17.1 Å². The molecule has 2 heterocycles. The highest BCUT2D eigenvalue weighted by molar-refractivity contribution is 8.00. The molecule has 164 valence electrons. The zero-order chi connectivity index (χ0) is 22.9. The van der Waals surface area contributed by atoms with Gasteiger partial charge in [0, 0.05) is 19.3 Å². The minimum atomic E-state index is -0.511. The fourth-order valence-corrected chi connectivity index (χ4v) is 3.94. The number of thioether (sulfide) groups is 1. The van der Waals surface area contributed by atoms with Gasteiger partial charge in [-0.3, -0.25) is 18.7 Å². The third-order valence-corrected chi connectivity index (χ3v) is 5.58. The summed E-state index contributed by atoms with van der Waals surface area (Å²) in [5, 5.41) is 3.16. The summed E-state index contributed by atoms with van der Waals surface area (Å²) in [5.41, 5.74) is 0.137. The van der Waals surface area contributed by atoms with Gasteiger partial charge in [0.15, 0.2) is 5.65 Å². The van der Waals surface area contributed by atoms with Crippen LogP contribution in [0.2, 0.25) is 0 Å². The number of aryl methyl sites for hydroxylation is 2. The van der Waals surface area contributed by atoms with Crippen LogP contribution in [0.3, 0.4) is 0 Å². The molecule has 0 fully saturated rings. The smallest absolute Gasteiger partial charge is 0.325 e. The number of nitrogens with zero attached hydrogens (tertiary/aromatic N) is 4. The summed E-state index contributed by atoms with van der Waals surface area (Å²) in [6.45, 7) is 7.62. The van der Waals surface area contributed by atoms with Crippen LogP contribution in [0.15, 0.2) is 32.8 Å². The zero-order valence-corrected chi connectivity index (χ0v) is 18.8. The van der Waals surface area contributed by atoms with Gasteiger partial charge in [0.25, 0.3) is 5.56 Å². The first-order chi connectivity index (χ1) is 14.6. The first-order valence-corrected chi connectivity index (χ1v) is 10.7. The first-order valence-electron chi connectivity index (χ1n) is 9.75. The molecule has 0 saturated heterocycles. The van der Waals surface area contributed by atoms with Crippen LogP contribution in [0.25, 0.3) is 11.0 Å². The van der Waals surface area contributed by atoms with Crippen molar-refractivity contribution in [2.24, 2.45) is 13.0 Å². The molecule has 0 aliphatic heterocycles. The fraction of sp³-hybridized carbons (Fsp3) is 0.381. The van der Waals surface area contributed by atoms with Crippen molar-refractivity contribution in [2.75, 3.05) is 11.1 Å². The highest BCUT2D eigenvalue weighted by Crippen LogP contribution is 2.23. The number of carbonyl (C=O) groups excluding carboxylic acids is 1. The number of fused-ring (bicyclic) bond motifs is 1.